The van der Waals surface area contributed by atoms with Gasteiger partial charge in [-0.3, -0.25) is 9.59 Å². The molecule has 0 saturated carbocycles. The summed E-state index contributed by atoms with van der Waals surface area (Å²) in [6.45, 7) is 0.400. The molecule has 1 aromatic heterocycles. The quantitative estimate of drug-likeness (QED) is 0.590. The van der Waals surface area contributed by atoms with Crippen LogP contribution in [0, 0.1) is 0 Å². The summed E-state index contributed by atoms with van der Waals surface area (Å²) in [5, 5.41) is 12.3. The monoisotopic (exact) mass is 396 g/mol. The van der Waals surface area contributed by atoms with E-state index in [0.717, 1.165) is 5.56 Å². The SMILES string of the molecule is NC(CCCCNC(=O)c1cc(-c2ccc(Cl)c(Cl)c2)ncn1)C(=O)O. The molecule has 1 heterocycles. The maximum atomic E-state index is 12.2. The third-order valence-electron chi connectivity index (χ3n) is 3.66. The summed E-state index contributed by atoms with van der Waals surface area (Å²) < 4.78 is 0. The van der Waals surface area contributed by atoms with Gasteiger partial charge >= 0.3 is 5.97 Å². The van der Waals surface area contributed by atoms with Gasteiger partial charge in [-0.1, -0.05) is 29.3 Å². The van der Waals surface area contributed by atoms with Crippen molar-refractivity contribution in [2.75, 3.05) is 6.54 Å². The van der Waals surface area contributed by atoms with Crippen molar-refractivity contribution in [1.82, 2.24) is 15.3 Å². The number of carbonyl (C=O) groups is 2. The van der Waals surface area contributed by atoms with Crippen molar-refractivity contribution in [3.63, 3.8) is 0 Å². The molecule has 9 heteroatoms. The Morgan fingerprint density at radius 2 is 1.92 bits per heavy atom. The second-order valence-corrected chi connectivity index (χ2v) is 6.43. The highest BCUT2D eigenvalue weighted by atomic mass is 35.5. The van der Waals surface area contributed by atoms with Gasteiger partial charge in [0.2, 0.25) is 0 Å². The van der Waals surface area contributed by atoms with Crippen LogP contribution in [0.5, 0.6) is 0 Å². The largest absolute Gasteiger partial charge is 0.480 e. The van der Waals surface area contributed by atoms with E-state index in [1.54, 1.807) is 24.3 Å². The fraction of sp³-hybridized carbons (Fsp3) is 0.294. The zero-order valence-electron chi connectivity index (χ0n) is 13.8. The summed E-state index contributed by atoms with van der Waals surface area (Å²) in [5.74, 6) is -1.36. The molecular weight excluding hydrogens is 379 g/mol. The molecular formula is C17H18Cl2N4O3. The van der Waals surface area contributed by atoms with Gasteiger partial charge in [0, 0.05) is 12.1 Å². The van der Waals surface area contributed by atoms with Gasteiger partial charge in [0.1, 0.15) is 18.1 Å². The van der Waals surface area contributed by atoms with E-state index < -0.39 is 12.0 Å². The lowest BCUT2D eigenvalue weighted by molar-refractivity contribution is -0.138. The molecule has 7 nitrogen and oxygen atoms in total. The van der Waals surface area contributed by atoms with Crippen LogP contribution in [0.1, 0.15) is 29.8 Å². The highest BCUT2D eigenvalue weighted by Crippen LogP contribution is 2.27. The fourth-order valence-corrected chi connectivity index (χ4v) is 2.50. The Morgan fingerprint density at radius 1 is 1.15 bits per heavy atom. The second-order valence-electron chi connectivity index (χ2n) is 5.61. The molecule has 0 spiro atoms. The molecule has 0 bridgehead atoms. The molecule has 4 N–H and O–H groups in total. The van der Waals surface area contributed by atoms with E-state index >= 15 is 0 Å². The summed E-state index contributed by atoms with van der Waals surface area (Å²) in [7, 11) is 0. The number of carboxylic acids is 1. The first-order chi connectivity index (χ1) is 12.4. The summed E-state index contributed by atoms with van der Waals surface area (Å²) in [6.07, 6.45) is 2.89. The predicted molar refractivity (Wildman–Crippen MR) is 99.3 cm³/mol. The first-order valence-corrected chi connectivity index (χ1v) is 8.68. The van der Waals surface area contributed by atoms with Crippen molar-refractivity contribution in [3.8, 4) is 11.3 Å². The number of unbranched alkanes of at least 4 members (excludes halogenated alkanes) is 1. The van der Waals surface area contributed by atoms with E-state index in [0.29, 0.717) is 41.5 Å². The molecule has 138 valence electrons. The van der Waals surface area contributed by atoms with Crippen LogP contribution in [-0.2, 0) is 4.79 Å². The molecule has 1 atom stereocenters. The highest BCUT2D eigenvalue weighted by molar-refractivity contribution is 6.42. The Balaban J connectivity index is 1.91. The number of hydrogen-bond donors (Lipinski definition) is 3. The third kappa shape index (κ3) is 5.66. The van der Waals surface area contributed by atoms with Crippen LogP contribution in [-0.4, -0.2) is 39.5 Å². The number of halogens is 2. The van der Waals surface area contributed by atoms with Gasteiger partial charge in [0.05, 0.1) is 15.7 Å². The molecule has 1 amide bonds. The maximum absolute atomic E-state index is 12.2. The van der Waals surface area contributed by atoms with Crippen molar-refractivity contribution in [2.45, 2.75) is 25.3 Å². The van der Waals surface area contributed by atoms with Crippen LogP contribution in [0.3, 0.4) is 0 Å². The van der Waals surface area contributed by atoms with Crippen molar-refractivity contribution < 1.29 is 14.7 Å². The number of benzene rings is 1. The maximum Gasteiger partial charge on any atom is 0.320 e. The van der Waals surface area contributed by atoms with E-state index in [9.17, 15) is 9.59 Å². The first-order valence-electron chi connectivity index (χ1n) is 7.92. The minimum Gasteiger partial charge on any atom is -0.480 e. The lowest BCUT2D eigenvalue weighted by Gasteiger charge is -2.08. The van der Waals surface area contributed by atoms with E-state index in [-0.39, 0.29) is 11.6 Å². The van der Waals surface area contributed by atoms with Crippen molar-refractivity contribution in [3.05, 3.63) is 46.3 Å². The number of amides is 1. The van der Waals surface area contributed by atoms with Gasteiger partial charge in [-0.2, -0.15) is 0 Å². The van der Waals surface area contributed by atoms with E-state index in [4.69, 9.17) is 34.0 Å². The average Bonchev–Trinajstić information content (AvgIpc) is 2.63. The van der Waals surface area contributed by atoms with Gasteiger partial charge in [-0.05, 0) is 37.5 Å². The van der Waals surface area contributed by atoms with E-state index in [1.807, 2.05) is 0 Å². The minimum atomic E-state index is -1.02. The molecule has 26 heavy (non-hydrogen) atoms. The Labute approximate surface area is 160 Å². The van der Waals surface area contributed by atoms with Gasteiger partial charge in [-0.15, -0.1) is 0 Å². The predicted octanol–water partition coefficient (Wildman–Crippen LogP) is 2.76. The standard InChI is InChI=1S/C17H18Cl2N4O3/c18-11-5-4-10(7-12(11)19)14-8-15(23-9-22-14)16(24)21-6-2-1-3-13(20)17(25)26/h4-5,7-9,13H,1-3,6,20H2,(H,21,24)(H,25,26). The van der Waals surface area contributed by atoms with E-state index in [1.165, 1.54) is 6.33 Å². The van der Waals surface area contributed by atoms with Gasteiger partial charge in [-0.25, -0.2) is 9.97 Å². The lowest BCUT2D eigenvalue weighted by atomic mass is 10.1. The molecule has 0 aliphatic heterocycles. The number of hydrogen-bond acceptors (Lipinski definition) is 5. The van der Waals surface area contributed by atoms with Crippen molar-refractivity contribution in [2.24, 2.45) is 5.73 Å². The molecule has 0 aliphatic carbocycles. The Morgan fingerprint density at radius 3 is 2.62 bits per heavy atom. The summed E-state index contributed by atoms with van der Waals surface area (Å²) in [6, 6.07) is 5.77. The van der Waals surface area contributed by atoms with Gasteiger partial charge in [0.15, 0.2) is 0 Å². The Bertz CT molecular complexity index is 801. The average molecular weight is 397 g/mol. The number of rotatable bonds is 8. The molecule has 0 aliphatic rings. The summed E-state index contributed by atoms with van der Waals surface area (Å²) in [5.41, 5.74) is 6.92. The first kappa shape index (κ1) is 20.1. The van der Waals surface area contributed by atoms with Gasteiger partial charge in [0.25, 0.3) is 5.91 Å². The topological polar surface area (TPSA) is 118 Å². The second kappa shape index (κ2) is 9.47. The minimum absolute atomic E-state index is 0.225. The van der Waals surface area contributed by atoms with Crippen LogP contribution in [0.2, 0.25) is 10.0 Å². The number of carboxylic acid groups (broad SMARTS) is 1. The smallest absolute Gasteiger partial charge is 0.320 e. The van der Waals surface area contributed by atoms with Crippen LogP contribution in [0.25, 0.3) is 11.3 Å². The normalized spacial score (nSPS) is 11.8. The zero-order valence-corrected chi connectivity index (χ0v) is 15.3. The number of carbonyl (C=O) groups excluding carboxylic acids is 1. The van der Waals surface area contributed by atoms with Crippen LogP contribution in [0.4, 0.5) is 0 Å². The van der Waals surface area contributed by atoms with Crippen molar-refractivity contribution in [1.29, 1.82) is 0 Å². The highest BCUT2D eigenvalue weighted by Gasteiger charge is 2.12. The third-order valence-corrected chi connectivity index (χ3v) is 4.40. The number of nitrogens with zero attached hydrogens (tertiary/aromatic N) is 2. The molecule has 0 saturated heterocycles. The number of nitrogens with one attached hydrogen (secondary N) is 1. The van der Waals surface area contributed by atoms with Gasteiger partial charge < -0.3 is 16.2 Å². The van der Waals surface area contributed by atoms with Crippen LogP contribution in [0.15, 0.2) is 30.6 Å². The summed E-state index contributed by atoms with van der Waals surface area (Å²) in [4.78, 5) is 30.9. The molecule has 0 radical (unpaired) electrons. The van der Waals surface area contributed by atoms with Crippen LogP contribution >= 0.6 is 23.2 Å². The number of nitrogens with two attached hydrogens (primary N) is 1. The van der Waals surface area contributed by atoms with Crippen molar-refractivity contribution >= 4 is 35.1 Å². The summed E-state index contributed by atoms with van der Waals surface area (Å²) >= 11 is 11.9. The molecule has 0 fully saturated rings. The zero-order chi connectivity index (χ0) is 19.1. The molecule has 2 aromatic rings. The lowest BCUT2D eigenvalue weighted by Crippen LogP contribution is -2.30. The molecule has 1 unspecified atom stereocenters. The molecule has 1 aromatic carbocycles. The van der Waals surface area contributed by atoms with E-state index in [2.05, 4.69) is 15.3 Å². The number of aliphatic carboxylic acids is 1. The fourth-order valence-electron chi connectivity index (χ4n) is 2.20. The number of aromatic nitrogens is 2. The Kier molecular flexibility index (Phi) is 7.32. The van der Waals surface area contributed by atoms with Crippen LogP contribution < -0.4 is 11.1 Å². The Hall–Kier alpha value is -2.22. The molecule has 2 rings (SSSR count).